The standard InChI is InChI=1S/C27H24N2O2S2/c1-14(2)15-6-8-16(9-7-15)19-21-23(32-25(19)30)29-22-20(26(31)33-24(22)28-21)17-10-12-18(13-11-17)27(3,4)5/h6-14H,1-5H3. The minimum absolute atomic E-state index is 0.0345. The largest absolute Gasteiger partial charge is 0.281 e. The monoisotopic (exact) mass is 472 g/mol. The van der Waals surface area contributed by atoms with E-state index >= 15 is 0 Å². The van der Waals surface area contributed by atoms with E-state index in [-0.39, 0.29) is 15.6 Å². The van der Waals surface area contributed by atoms with Crippen LogP contribution in [0.2, 0.25) is 0 Å². The Kier molecular flexibility index (Phi) is 5.33. The van der Waals surface area contributed by atoms with Crippen molar-refractivity contribution in [1.29, 1.82) is 0 Å². The average Bonchev–Trinajstić information content (AvgIpc) is 3.25. The summed E-state index contributed by atoms with van der Waals surface area (Å²) in [7, 11) is 0. The summed E-state index contributed by atoms with van der Waals surface area (Å²) in [5, 5.41) is 2.17. The van der Waals surface area contributed by atoms with E-state index in [1.54, 1.807) is 0 Å². The summed E-state index contributed by atoms with van der Waals surface area (Å²) in [5.41, 5.74) is 5.25. The van der Waals surface area contributed by atoms with Gasteiger partial charge in [0.15, 0.2) is 0 Å². The maximum atomic E-state index is 12.9. The van der Waals surface area contributed by atoms with Crippen LogP contribution in [0, 0.1) is 0 Å². The lowest BCUT2D eigenvalue weighted by molar-refractivity contribution is -0.106. The molecule has 4 nitrogen and oxygen atoms in total. The van der Waals surface area contributed by atoms with E-state index in [0.29, 0.717) is 37.8 Å². The lowest BCUT2D eigenvalue weighted by Crippen LogP contribution is -2.24. The molecule has 2 aliphatic rings. The number of fused-ring (bicyclic) bond motifs is 2. The van der Waals surface area contributed by atoms with Crippen LogP contribution in [0.1, 0.15) is 62.8 Å². The minimum Gasteiger partial charge on any atom is -0.281 e. The normalized spacial score (nSPS) is 15.5. The predicted octanol–water partition coefficient (Wildman–Crippen LogP) is 4.56. The van der Waals surface area contributed by atoms with Gasteiger partial charge < -0.3 is 0 Å². The Morgan fingerprint density at radius 3 is 1.52 bits per heavy atom. The molecule has 33 heavy (non-hydrogen) atoms. The van der Waals surface area contributed by atoms with E-state index in [1.165, 1.54) is 11.1 Å². The summed E-state index contributed by atoms with van der Waals surface area (Å²) in [4.78, 5) is 35.3. The third-order valence-electron chi connectivity index (χ3n) is 6.00. The van der Waals surface area contributed by atoms with E-state index in [9.17, 15) is 9.59 Å². The predicted molar refractivity (Wildman–Crippen MR) is 134 cm³/mol. The molecular formula is C27H24N2O2S2. The number of carbonyl (C=O) groups excluding carboxylic acids is 2. The number of carbonyl (C=O) groups is 2. The van der Waals surface area contributed by atoms with Crippen LogP contribution in [-0.4, -0.2) is 20.2 Å². The Balaban J connectivity index is 1.65. The smallest absolute Gasteiger partial charge is 0.228 e. The molecule has 0 amide bonds. The van der Waals surface area contributed by atoms with Crippen molar-refractivity contribution in [2.24, 2.45) is 0 Å². The summed E-state index contributed by atoms with van der Waals surface area (Å²) in [6.07, 6.45) is 0. The maximum absolute atomic E-state index is 12.9. The van der Waals surface area contributed by atoms with Crippen LogP contribution in [0.4, 0.5) is 0 Å². The van der Waals surface area contributed by atoms with Crippen molar-refractivity contribution in [3.05, 3.63) is 81.5 Å². The van der Waals surface area contributed by atoms with E-state index in [4.69, 9.17) is 9.97 Å². The van der Waals surface area contributed by atoms with E-state index in [2.05, 4.69) is 58.9 Å². The van der Waals surface area contributed by atoms with Crippen molar-refractivity contribution in [3.8, 4) is 0 Å². The molecule has 2 aliphatic heterocycles. The average molecular weight is 473 g/mol. The third-order valence-corrected chi connectivity index (χ3v) is 7.73. The highest BCUT2D eigenvalue weighted by molar-refractivity contribution is 8.15. The number of benzene rings is 2. The van der Waals surface area contributed by atoms with Gasteiger partial charge in [-0.3, -0.25) is 9.59 Å². The first kappa shape index (κ1) is 22.1. The zero-order valence-corrected chi connectivity index (χ0v) is 20.9. The van der Waals surface area contributed by atoms with Crippen LogP contribution >= 0.6 is 23.5 Å². The van der Waals surface area contributed by atoms with Gasteiger partial charge in [-0.15, -0.1) is 0 Å². The van der Waals surface area contributed by atoms with Crippen LogP contribution in [0.15, 0.2) is 58.6 Å². The zero-order chi connectivity index (χ0) is 23.5. The highest BCUT2D eigenvalue weighted by atomic mass is 32.2. The molecule has 0 aliphatic carbocycles. The number of rotatable bonds is 3. The Morgan fingerprint density at radius 1 is 0.697 bits per heavy atom. The second-order valence-corrected chi connectivity index (χ2v) is 11.6. The molecule has 0 radical (unpaired) electrons. The van der Waals surface area contributed by atoms with Crippen molar-refractivity contribution in [2.45, 2.75) is 56.0 Å². The summed E-state index contributed by atoms with van der Waals surface area (Å²) in [6.45, 7) is 10.8. The highest BCUT2D eigenvalue weighted by Gasteiger charge is 2.31. The van der Waals surface area contributed by atoms with Crippen molar-refractivity contribution in [1.82, 2.24) is 9.97 Å². The number of aromatic nitrogens is 2. The second-order valence-electron chi connectivity index (χ2n) is 9.66. The van der Waals surface area contributed by atoms with Crippen LogP contribution in [-0.2, 0) is 15.0 Å². The van der Waals surface area contributed by atoms with Gasteiger partial charge in [-0.05, 0) is 57.1 Å². The van der Waals surface area contributed by atoms with E-state index in [0.717, 1.165) is 34.7 Å². The van der Waals surface area contributed by atoms with Crippen molar-refractivity contribution >= 4 is 44.9 Å². The molecule has 3 heterocycles. The van der Waals surface area contributed by atoms with Crippen LogP contribution in [0.25, 0.3) is 11.1 Å². The van der Waals surface area contributed by atoms with Gasteiger partial charge in [-0.1, -0.05) is 83.1 Å². The van der Waals surface area contributed by atoms with Gasteiger partial charge in [-0.25, -0.2) is 9.97 Å². The van der Waals surface area contributed by atoms with E-state index in [1.807, 2.05) is 24.3 Å². The molecule has 0 saturated heterocycles. The lowest BCUT2D eigenvalue weighted by Gasteiger charge is -2.19. The third kappa shape index (κ3) is 3.85. The SMILES string of the molecule is CC(C)c1ccc(C2=c3nc4c(nc3SC2=O)=C(c2ccc(C(C)(C)C)cc2)C(=O)S4)cc1. The Bertz CT molecular complexity index is 1430. The maximum Gasteiger partial charge on any atom is 0.228 e. The minimum atomic E-state index is -0.0589. The lowest BCUT2D eigenvalue weighted by atomic mass is 9.86. The molecule has 0 spiro atoms. The molecule has 0 fully saturated rings. The fourth-order valence-corrected chi connectivity index (χ4v) is 5.77. The molecule has 166 valence electrons. The fourth-order valence-electron chi connectivity index (χ4n) is 4.02. The highest BCUT2D eigenvalue weighted by Crippen LogP contribution is 2.33. The fraction of sp³-hybridized carbons (Fsp3) is 0.259. The first-order chi connectivity index (χ1) is 15.6. The molecule has 6 heteroatoms. The van der Waals surface area contributed by atoms with Gasteiger partial charge >= 0.3 is 0 Å². The first-order valence-electron chi connectivity index (χ1n) is 11.0. The molecule has 0 bridgehead atoms. The van der Waals surface area contributed by atoms with Crippen LogP contribution < -0.4 is 10.7 Å². The topological polar surface area (TPSA) is 59.9 Å². The summed E-state index contributed by atoms with van der Waals surface area (Å²) >= 11 is 2.18. The quantitative estimate of drug-likeness (QED) is 0.557. The molecule has 0 atom stereocenters. The number of thioether (sulfide) groups is 2. The Labute approximate surface area is 201 Å². The molecule has 0 saturated carbocycles. The van der Waals surface area contributed by atoms with Gasteiger partial charge in [0.2, 0.25) is 10.2 Å². The van der Waals surface area contributed by atoms with Gasteiger partial charge in [0, 0.05) is 0 Å². The first-order valence-corrected chi connectivity index (χ1v) is 12.6. The van der Waals surface area contributed by atoms with Gasteiger partial charge in [0.05, 0.1) is 11.1 Å². The van der Waals surface area contributed by atoms with Crippen LogP contribution in [0.3, 0.4) is 0 Å². The summed E-state index contributed by atoms with van der Waals surface area (Å²) in [6, 6.07) is 16.1. The van der Waals surface area contributed by atoms with Crippen molar-refractivity contribution < 1.29 is 9.59 Å². The summed E-state index contributed by atoms with van der Waals surface area (Å²) < 4.78 is 0. The van der Waals surface area contributed by atoms with Crippen LogP contribution in [0.5, 0.6) is 0 Å². The second kappa shape index (κ2) is 7.96. The molecule has 0 unspecified atom stereocenters. The van der Waals surface area contributed by atoms with Crippen molar-refractivity contribution in [3.63, 3.8) is 0 Å². The van der Waals surface area contributed by atoms with E-state index < -0.39 is 0 Å². The Hall–Kier alpha value is -2.70. The molecular weight excluding hydrogens is 448 g/mol. The molecule has 3 aromatic rings. The Morgan fingerprint density at radius 2 is 1.12 bits per heavy atom. The molecule has 1 aromatic heterocycles. The van der Waals surface area contributed by atoms with Crippen molar-refractivity contribution in [2.75, 3.05) is 0 Å². The van der Waals surface area contributed by atoms with Gasteiger partial charge in [0.1, 0.15) is 20.8 Å². The number of hydrogen-bond donors (Lipinski definition) is 0. The van der Waals surface area contributed by atoms with Gasteiger partial charge in [0.25, 0.3) is 0 Å². The molecule has 2 aromatic carbocycles. The number of nitrogens with zero attached hydrogens (tertiary/aromatic N) is 2. The molecule has 5 rings (SSSR count). The van der Waals surface area contributed by atoms with Gasteiger partial charge in [-0.2, -0.15) is 0 Å². The molecule has 0 N–H and O–H groups in total. The summed E-state index contributed by atoms with van der Waals surface area (Å²) in [5.74, 6) is 0.418. The number of hydrogen-bond acceptors (Lipinski definition) is 6. The zero-order valence-electron chi connectivity index (χ0n) is 19.2.